The molecular formula is C16H16BrClO. The normalized spacial score (nSPS) is 12.5. The first-order chi connectivity index (χ1) is 8.97. The topological polar surface area (TPSA) is 20.2 Å². The van der Waals surface area contributed by atoms with Gasteiger partial charge in [0.1, 0.15) is 0 Å². The summed E-state index contributed by atoms with van der Waals surface area (Å²) in [5.41, 5.74) is 4.07. The Bertz CT molecular complexity index is 595. The molecule has 0 heterocycles. The van der Waals surface area contributed by atoms with Gasteiger partial charge in [-0.1, -0.05) is 45.7 Å². The lowest BCUT2D eigenvalue weighted by Gasteiger charge is -2.15. The van der Waals surface area contributed by atoms with Crippen LogP contribution >= 0.6 is 27.5 Å². The van der Waals surface area contributed by atoms with Crippen molar-refractivity contribution in [3.63, 3.8) is 0 Å². The summed E-state index contributed by atoms with van der Waals surface area (Å²) < 4.78 is 1.03. The minimum absolute atomic E-state index is 0.509. The number of aliphatic hydroxyl groups is 1. The van der Waals surface area contributed by atoms with E-state index in [2.05, 4.69) is 15.9 Å². The van der Waals surface area contributed by atoms with Gasteiger partial charge in [-0.3, -0.25) is 0 Å². The zero-order valence-corrected chi connectivity index (χ0v) is 13.3. The fourth-order valence-corrected chi connectivity index (χ4v) is 2.82. The van der Waals surface area contributed by atoms with Crippen LogP contribution in [0.15, 0.2) is 40.9 Å². The summed E-state index contributed by atoms with van der Waals surface area (Å²) in [6.07, 6.45) is 0.0896. The molecule has 1 atom stereocenters. The van der Waals surface area contributed by atoms with E-state index in [9.17, 15) is 5.11 Å². The number of rotatable bonds is 3. The second-order valence-electron chi connectivity index (χ2n) is 4.81. The van der Waals surface area contributed by atoms with E-state index in [1.165, 1.54) is 0 Å². The number of benzene rings is 2. The summed E-state index contributed by atoms with van der Waals surface area (Å²) in [5, 5.41) is 11.1. The van der Waals surface area contributed by atoms with Crippen molar-refractivity contribution < 1.29 is 5.11 Å². The van der Waals surface area contributed by atoms with Gasteiger partial charge in [-0.15, -0.1) is 0 Å². The summed E-state index contributed by atoms with van der Waals surface area (Å²) in [6, 6.07) is 11.9. The molecule has 1 N–H and O–H groups in total. The standard InChI is InChI=1S/C16H16BrClO/c1-10-7-15(18)11(2)6-14(10)16(19)9-12-4-3-5-13(17)8-12/h3-8,16,19H,9H2,1-2H3. The molecule has 0 radical (unpaired) electrons. The van der Waals surface area contributed by atoms with Gasteiger partial charge in [-0.2, -0.15) is 0 Å². The Balaban J connectivity index is 2.25. The van der Waals surface area contributed by atoms with Crippen molar-refractivity contribution in [2.45, 2.75) is 26.4 Å². The fourth-order valence-electron chi connectivity index (χ4n) is 2.16. The van der Waals surface area contributed by atoms with E-state index >= 15 is 0 Å². The molecular weight excluding hydrogens is 324 g/mol. The van der Waals surface area contributed by atoms with Gasteiger partial charge in [0.05, 0.1) is 6.10 Å². The van der Waals surface area contributed by atoms with Gasteiger partial charge in [-0.25, -0.2) is 0 Å². The Kier molecular flexibility index (Phi) is 4.67. The minimum Gasteiger partial charge on any atom is -0.388 e. The minimum atomic E-state index is -0.509. The van der Waals surface area contributed by atoms with Crippen LogP contribution in [0.1, 0.15) is 28.4 Å². The first-order valence-corrected chi connectivity index (χ1v) is 7.33. The van der Waals surface area contributed by atoms with Crippen LogP contribution in [0.25, 0.3) is 0 Å². The Morgan fingerprint density at radius 2 is 1.89 bits per heavy atom. The Morgan fingerprint density at radius 3 is 2.58 bits per heavy atom. The molecule has 3 heteroatoms. The molecule has 0 fully saturated rings. The van der Waals surface area contributed by atoms with Crippen molar-refractivity contribution in [2.24, 2.45) is 0 Å². The molecule has 0 aliphatic carbocycles. The number of hydrogen-bond acceptors (Lipinski definition) is 1. The molecule has 0 aromatic heterocycles. The SMILES string of the molecule is Cc1cc(C(O)Cc2cccc(Br)c2)c(C)cc1Cl. The number of aryl methyl sites for hydroxylation is 2. The van der Waals surface area contributed by atoms with Crippen LogP contribution in [0.5, 0.6) is 0 Å². The van der Waals surface area contributed by atoms with E-state index in [0.29, 0.717) is 6.42 Å². The van der Waals surface area contributed by atoms with Gasteiger partial charge < -0.3 is 5.11 Å². The van der Waals surface area contributed by atoms with E-state index < -0.39 is 6.10 Å². The Morgan fingerprint density at radius 1 is 1.16 bits per heavy atom. The third kappa shape index (κ3) is 3.59. The average Bonchev–Trinajstić information content (AvgIpc) is 2.33. The zero-order valence-electron chi connectivity index (χ0n) is 11.0. The summed E-state index contributed by atoms with van der Waals surface area (Å²) in [6.45, 7) is 3.93. The van der Waals surface area contributed by atoms with Crippen LogP contribution in [0.3, 0.4) is 0 Å². The lowest BCUT2D eigenvalue weighted by Crippen LogP contribution is -2.04. The predicted molar refractivity (Wildman–Crippen MR) is 83.7 cm³/mol. The smallest absolute Gasteiger partial charge is 0.0833 e. The van der Waals surface area contributed by atoms with Crippen molar-refractivity contribution in [2.75, 3.05) is 0 Å². The van der Waals surface area contributed by atoms with E-state index in [1.54, 1.807) is 0 Å². The van der Waals surface area contributed by atoms with E-state index in [4.69, 9.17) is 11.6 Å². The molecule has 0 saturated heterocycles. The zero-order chi connectivity index (χ0) is 14.0. The molecule has 0 amide bonds. The van der Waals surface area contributed by atoms with Crippen molar-refractivity contribution in [3.8, 4) is 0 Å². The van der Waals surface area contributed by atoms with Gasteiger partial charge in [-0.05, 0) is 54.3 Å². The van der Waals surface area contributed by atoms with Crippen LogP contribution in [-0.4, -0.2) is 5.11 Å². The number of halogens is 2. The summed E-state index contributed by atoms with van der Waals surface area (Å²) in [7, 11) is 0. The van der Waals surface area contributed by atoms with Crippen molar-refractivity contribution in [1.82, 2.24) is 0 Å². The molecule has 100 valence electrons. The van der Waals surface area contributed by atoms with Gasteiger partial charge >= 0.3 is 0 Å². The quantitative estimate of drug-likeness (QED) is 0.834. The van der Waals surface area contributed by atoms with E-state index in [-0.39, 0.29) is 0 Å². The summed E-state index contributed by atoms with van der Waals surface area (Å²) in [4.78, 5) is 0. The van der Waals surface area contributed by atoms with Crippen LogP contribution in [-0.2, 0) is 6.42 Å². The largest absolute Gasteiger partial charge is 0.388 e. The average molecular weight is 340 g/mol. The van der Waals surface area contributed by atoms with Crippen LogP contribution in [0.4, 0.5) is 0 Å². The summed E-state index contributed by atoms with van der Waals surface area (Å²) >= 11 is 9.53. The van der Waals surface area contributed by atoms with Gasteiger partial charge in [0, 0.05) is 15.9 Å². The summed E-state index contributed by atoms with van der Waals surface area (Å²) in [5.74, 6) is 0. The lowest BCUT2D eigenvalue weighted by atomic mass is 9.96. The molecule has 2 aromatic carbocycles. The van der Waals surface area contributed by atoms with Gasteiger partial charge in [0.25, 0.3) is 0 Å². The molecule has 2 aromatic rings. The lowest BCUT2D eigenvalue weighted by molar-refractivity contribution is 0.177. The first kappa shape index (κ1) is 14.6. The van der Waals surface area contributed by atoms with Crippen LogP contribution < -0.4 is 0 Å². The molecule has 0 bridgehead atoms. The molecule has 19 heavy (non-hydrogen) atoms. The molecule has 0 spiro atoms. The van der Waals surface area contributed by atoms with E-state index in [0.717, 1.165) is 31.7 Å². The van der Waals surface area contributed by atoms with Crippen molar-refractivity contribution >= 4 is 27.5 Å². The van der Waals surface area contributed by atoms with Crippen LogP contribution in [0.2, 0.25) is 5.02 Å². The second-order valence-corrected chi connectivity index (χ2v) is 6.13. The third-order valence-corrected chi connectivity index (χ3v) is 4.12. The monoisotopic (exact) mass is 338 g/mol. The molecule has 1 nitrogen and oxygen atoms in total. The maximum Gasteiger partial charge on any atom is 0.0833 e. The predicted octanol–water partition coefficient (Wildman–Crippen LogP) is 5.00. The van der Waals surface area contributed by atoms with Crippen LogP contribution in [0, 0.1) is 13.8 Å². The Labute approximate surface area is 127 Å². The highest BCUT2D eigenvalue weighted by atomic mass is 79.9. The maximum atomic E-state index is 10.4. The molecule has 2 rings (SSSR count). The van der Waals surface area contributed by atoms with E-state index in [1.807, 2.05) is 50.2 Å². The molecule has 1 unspecified atom stereocenters. The highest BCUT2D eigenvalue weighted by Crippen LogP contribution is 2.27. The molecule has 0 aliphatic rings. The first-order valence-electron chi connectivity index (χ1n) is 6.16. The number of aliphatic hydroxyl groups excluding tert-OH is 1. The molecule has 0 saturated carbocycles. The van der Waals surface area contributed by atoms with Gasteiger partial charge in [0.15, 0.2) is 0 Å². The van der Waals surface area contributed by atoms with Gasteiger partial charge in [0.2, 0.25) is 0 Å². The molecule has 0 aliphatic heterocycles. The fraction of sp³-hybridized carbons (Fsp3) is 0.250. The maximum absolute atomic E-state index is 10.4. The van der Waals surface area contributed by atoms with Crippen molar-refractivity contribution in [3.05, 3.63) is 68.1 Å². The number of hydrogen-bond donors (Lipinski definition) is 1. The highest BCUT2D eigenvalue weighted by molar-refractivity contribution is 9.10. The second kappa shape index (κ2) is 6.08. The highest BCUT2D eigenvalue weighted by Gasteiger charge is 2.13. The third-order valence-electron chi connectivity index (χ3n) is 3.22. The Hall–Kier alpha value is -0.830. The van der Waals surface area contributed by atoms with Crippen molar-refractivity contribution in [1.29, 1.82) is 0 Å².